The average molecular weight is 232 g/mol. The van der Waals surface area contributed by atoms with E-state index in [1.807, 2.05) is 6.92 Å². The molecule has 0 N–H and O–H groups in total. The van der Waals surface area contributed by atoms with Crippen molar-refractivity contribution in [2.24, 2.45) is 0 Å². The fourth-order valence-corrected chi connectivity index (χ4v) is 1.40. The topological polar surface area (TPSA) is 35.5 Å². The van der Waals surface area contributed by atoms with Crippen molar-refractivity contribution >= 4 is 11.4 Å². The molecule has 0 fully saturated rings. The van der Waals surface area contributed by atoms with Crippen LogP contribution in [0.2, 0.25) is 0 Å². The summed E-state index contributed by atoms with van der Waals surface area (Å²) in [5.41, 5.74) is 1.10. The Morgan fingerprint density at radius 1 is 1.41 bits per heavy atom. The van der Waals surface area contributed by atoms with E-state index in [0.29, 0.717) is 29.2 Å². The van der Waals surface area contributed by atoms with Gasteiger partial charge in [0.05, 0.1) is 13.7 Å². The van der Waals surface area contributed by atoms with E-state index in [2.05, 4.69) is 13.2 Å². The Morgan fingerprint density at radius 2 is 2.12 bits per heavy atom. The predicted octanol–water partition coefficient (Wildman–Crippen LogP) is 2.86. The highest BCUT2D eigenvalue weighted by atomic mass is 16.5. The van der Waals surface area contributed by atoms with Gasteiger partial charge in [-0.25, -0.2) is 0 Å². The van der Waals surface area contributed by atoms with Crippen molar-refractivity contribution in [2.75, 3.05) is 13.7 Å². The monoisotopic (exact) mass is 232 g/mol. The number of ether oxygens (including phenoxy) is 2. The third-order valence-electron chi connectivity index (χ3n) is 2.29. The highest BCUT2D eigenvalue weighted by molar-refractivity contribution is 6.25. The van der Waals surface area contributed by atoms with Crippen LogP contribution in [0.4, 0.5) is 0 Å². The standard InChI is InChI=1S/C14H16O3/c1-5-12(15)10(3)11-7-8-13(16-4)14(9-11)17-6-2/h5,7-9H,1,3,6H2,2,4H3. The maximum atomic E-state index is 11.4. The van der Waals surface area contributed by atoms with Crippen molar-refractivity contribution in [1.29, 1.82) is 0 Å². The number of hydrogen-bond donors (Lipinski definition) is 0. The molecule has 3 heteroatoms. The minimum Gasteiger partial charge on any atom is -0.493 e. The average Bonchev–Trinajstić information content (AvgIpc) is 2.37. The van der Waals surface area contributed by atoms with Gasteiger partial charge in [0.25, 0.3) is 0 Å². The molecular formula is C14H16O3. The van der Waals surface area contributed by atoms with E-state index < -0.39 is 0 Å². The van der Waals surface area contributed by atoms with Crippen LogP contribution >= 0.6 is 0 Å². The fourth-order valence-electron chi connectivity index (χ4n) is 1.40. The molecular weight excluding hydrogens is 216 g/mol. The minimum atomic E-state index is -0.197. The molecule has 0 bridgehead atoms. The van der Waals surface area contributed by atoms with E-state index in [1.54, 1.807) is 25.3 Å². The van der Waals surface area contributed by atoms with Gasteiger partial charge in [-0.3, -0.25) is 4.79 Å². The van der Waals surface area contributed by atoms with E-state index in [1.165, 1.54) is 6.08 Å². The second-order valence-corrected chi connectivity index (χ2v) is 3.35. The summed E-state index contributed by atoms with van der Waals surface area (Å²) in [5, 5.41) is 0. The first-order valence-corrected chi connectivity index (χ1v) is 5.30. The molecule has 0 spiro atoms. The van der Waals surface area contributed by atoms with E-state index >= 15 is 0 Å². The van der Waals surface area contributed by atoms with E-state index in [9.17, 15) is 4.79 Å². The smallest absolute Gasteiger partial charge is 0.185 e. The quantitative estimate of drug-likeness (QED) is 0.707. The predicted molar refractivity (Wildman–Crippen MR) is 68.4 cm³/mol. The van der Waals surface area contributed by atoms with Crippen LogP contribution in [0, 0.1) is 0 Å². The van der Waals surface area contributed by atoms with Gasteiger partial charge < -0.3 is 9.47 Å². The number of methoxy groups -OCH3 is 1. The summed E-state index contributed by atoms with van der Waals surface area (Å²) in [6.45, 7) is 9.58. The van der Waals surface area contributed by atoms with Crippen molar-refractivity contribution in [3.8, 4) is 11.5 Å². The van der Waals surface area contributed by atoms with Crippen molar-refractivity contribution < 1.29 is 14.3 Å². The summed E-state index contributed by atoms with van der Waals surface area (Å²) in [4.78, 5) is 11.4. The molecule has 0 saturated carbocycles. The van der Waals surface area contributed by atoms with E-state index in [-0.39, 0.29) is 5.78 Å². The molecule has 1 aromatic carbocycles. The number of benzene rings is 1. The largest absolute Gasteiger partial charge is 0.493 e. The van der Waals surface area contributed by atoms with Gasteiger partial charge in [0.1, 0.15) is 0 Å². The summed E-state index contributed by atoms with van der Waals surface area (Å²) in [6.07, 6.45) is 1.24. The third kappa shape index (κ3) is 2.97. The van der Waals surface area contributed by atoms with Crippen LogP contribution < -0.4 is 9.47 Å². The minimum absolute atomic E-state index is 0.197. The molecule has 0 aliphatic heterocycles. The molecule has 0 radical (unpaired) electrons. The normalized spacial score (nSPS) is 9.53. The van der Waals surface area contributed by atoms with Crippen LogP contribution in [-0.2, 0) is 4.79 Å². The molecule has 0 heterocycles. The Morgan fingerprint density at radius 3 is 2.65 bits per heavy atom. The Bertz CT molecular complexity index is 447. The van der Waals surface area contributed by atoms with Gasteiger partial charge >= 0.3 is 0 Å². The highest BCUT2D eigenvalue weighted by Crippen LogP contribution is 2.30. The molecule has 1 rings (SSSR count). The zero-order valence-corrected chi connectivity index (χ0v) is 10.2. The van der Waals surface area contributed by atoms with Gasteiger partial charge in [-0.1, -0.05) is 19.2 Å². The second kappa shape index (κ2) is 5.89. The summed E-state index contributed by atoms with van der Waals surface area (Å²) in [7, 11) is 1.57. The zero-order valence-electron chi connectivity index (χ0n) is 10.2. The van der Waals surface area contributed by atoms with Crippen molar-refractivity contribution in [2.45, 2.75) is 6.92 Å². The third-order valence-corrected chi connectivity index (χ3v) is 2.29. The lowest BCUT2D eigenvalue weighted by Gasteiger charge is -2.11. The van der Waals surface area contributed by atoms with Gasteiger partial charge in [0.15, 0.2) is 17.3 Å². The zero-order chi connectivity index (χ0) is 12.8. The number of allylic oxidation sites excluding steroid dienone is 2. The lowest BCUT2D eigenvalue weighted by atomic mass is 10.0. The molecule has 0 aliphatic carbocycles. The van der Waals surface area contributed by atoms with E-state index in [0.717, 1.165) is 0 Å². The lowest BCUT2D eigenvalue weighted by molar-refractivity contribution is -0.109. The molecule has 0 amide bonds. The Hall–Kier alpha value is -2.03. The van der Waals surface area contributed by atoms with Gasteiger partial charge in [0, 0.05) is 5.57 Å². The molecule has 90 valence electrons. The molecule has 0 aromatic heterocycles. The van der Waals surface area contributed by atoms with Crippen LogP contribution in [0.25, 0.3) is 5.57 Å². The van der Waals surface area contributed by atoms with Crippen molar-refractivity contribution in [1.82, 2.24) is 0 Å². The second-order valence-electron chi connectivity index (χ2n) is 3.35. The maximum absolute atomic E-state index is 11.4. The molecule has 1 aromatic rings. The Kier molecular flexibility index (Phi) is 4.52. The highest BCUT2D eigenvalue weighted by Gasteiger charge is 2.10. The number of hydrogen-bond acceptors (Lipinski definition) is 3. The van der Waals surface area contributed by atoms with E-state index in [4.69, 9.17) is 9.47 Å². The summed E-state index contributed by atoms with van der Waals surface area (Å²) in [6, 6.07) is 5.26. The van der Waals surface area contributed by atoms with Crippen molar-refractivity contribution in [3.05, 3.63) is 43.0 Å². The first-order chi connectivity index (χ1) is 8.13. The van der Waals surface area contributed by atoms with Gasteiger partial charge in [0.2, 0.25) is 0 Å². The molecule has 0 atom stereocenters. The van der Waals surface area contributed by atoms with Crippen LogP contribution in [0.3, 0.4) is 0 Å². The van der Waals surface area contributed by atoms with Crippen LogP contribution in [0.15, 0.2) is 37.4 Å². The lowest BCUT2D eigenvalue weighted by Crippen LogP contribution is -1.99. The first-order valence-electron chi connectivity index (χ1n) is 5.30. The summed E-state index contributed by atoms with van der Waals surface area (Å²) in [5.74, 6) is 1.04. The molecule has 17 heavy (non-hydrogen) atoms. The molecule has 0 aliphatic rings. The Balaban J connectivity index is 3.11. The SMILES string of the molecule is C=CC(=O)C(=C)c1ccc(OC)c(OCC)c1. The van der Waals surface area contributed by atoms with Crippen LogP contribution in [-0.4, -0.2) is 19.5 Å². The Labute approximate surface area is 101 Å². The molecule has 0 unspecified atom stereocenters. The van der Waals surface area contributed by atoms with Gasteiger partial charge in [-0.15, -0.1) is 0 Å². The van der Waals surface area contributed by atoms with Gasteiger partial charge in [-0.2, -0.15) is 0 Å². The number of carbonyl (C=O) groups excluding carboxylic acids is 1. The fraction of sp³-hybridized carbons (Fsp3) is 0.214. The van der Waals surface area contributed by atoms with Crippen LogP contribution in [0.1, 0.15) is 12.5 Å². The van der Waals surface area contributed by atoms with Gasteiger partial charge in [-0.05, 0) is 30.7 Å². The number of ketones is 1. The van der Waals surface area contributed by atoms with Crippen molar-refractivity contribution in [3.63, 3.8) is 0 Å². The molecule has 3 nitrogen and oxygen atoms in total. The number of carbonyl (C=O) groups is 1. The van der Waals surface area contributed by atoms with Crippen LogP contribution in [0.5, 0.6) is 11.5 Å². The molecule has 0 saturated heterocycles. The number of rotatable bonds is 6. The summed E-state index contributed by atoms with van der Waals surface area (Å²) >= 11 is 0. The maximum Gasteiger partial charge on any atom is 0.185 e. The summed E-state index contributed by atoms with van der Waals surface area (Å²) < 4.78 is 10.6. The first kappa shape index (κ1) is 13.0.